The number of hydrogen-bond donors (Lipinski definition) is 6. The number of hydrogen-bond acceptors (Lipinski definition) is 9. The number of hydroxylamine groups is 2. The van der Waals surface area contributed by atoms with Crippen LogP contribution in [0.3, 0.4) is 0 Å². The van der Waals surface area contributed by atoms with Crippen LogP contribution in [0.25, 0.3) is 0 Å². The topological polar surface area (TPSA) is 173 Å². The molecule has 48 heavy (non-hydrogen) atoms. The Bertz CT molecular complexity index is 1150. The van der Waals surface area contributed by atoms with E-state index in [-0.39, 0.29) is 72.7 Å². The van der Waals surface area contributed by atoms with Gasteiger partial charge in [-0.25, -0.2) is 0 Å². The summed E-state index contributed by atoms with van der Waals surface area (Å²) in [7, 11) is 5.90. The van der Waals surface area contributed by atoms with Gasteiger partial charge >= 0.3 is 0 Å². The van der Waals surface area contributed by atoms with Crippen molar-refractivity contribution in [2.75, 3.05) is 40.9 Å². The average Bonchev–Trinajstić information content (AvgIpc) is 3.42. The Morgan fingerprint density at radius 3 is 2.46 bits per heavy atom. The summed E-state index contributed by atoms with van der Waals surface area (Å²) in [5.41, 5.74) is 5.83. The van der Waals surface area contributed by atoms with E-state index in [9.17, 15) is 19.8 Å². The molecule has 7 N–H and O–H groups in total. The zero-order chi connectivity index (χ0) is 35.1. The van der Waals surface area contributed by atoms with E-state index in [4.69, 9.17) is 20.7 Å². The van der Waals surface area contributed by atoms with Crippen LogP contribution in [0.5, 0.6) is 0 Å². The molecule has 14 atom stereocenters. The van der Waals surface area contributed by atoms with E-state index in [1.54, 1.807) is 19.1 Å². The van der Waals surface area contributed by atoms with E-state index in [0.717, 1.165) is 44.9 Å². The van der Waals surface area contributed by atoms with Crippen molar-refractivity contribution in [1.29, 1.82) is 5.41 Å². The van der Waals surface area contributed by atoms with E-state index in [2.05, 4.69) is 50.4 Å². The number of nitrogens with two attached hydrogens (primary N) is 1. The molecule has 6 aliphatic rings. The molecule has 6 rings (SSSR count). The molecule has 6 fully saturated rings. The summed E-state index contributed by atoms with van der Waals surface area (Å²) in [5, 5.41) is 36.8. The van der Waals surface area contributed by atoms with Gasteiger partial charge in [-0.2, -0.15) is 5.06 Å². The van der Waals surface area contributed by atoms with Crippen LogP contribution in [0.2, 0.25) is 0 Å². The average molecular weight is 677 g/mol. The predicted octanol–water partition coefficient (Wildman–Crippen LogP) is 1.98. The van der Waals surface area contributed by atoms with Gasteiger partial charge in [-0.15, -0.1) is 0 Å². The number of aliphatic hydroxyl groups excluding tert-OH is 2. The summed E-state index contributed by atoms with van der Waals surface area (Å²) in [6, 6.07) is -0.387. The summed E-state index contributed by atoms with van der Waals surface area (Å²) in [4.78, 5) is 35.9. The molecule has 274 valence electrons. The zero-order valence-electron chi connectivity index (χ0n) is 30.4. The van der Waals surface area contributed by atoms with Crippen molar-refractivity contribution in [2.24, 2.45) is 58.5 Å². The number of carbonyl (C=O) groups is 2. The van der Waals surface area contributed by atoms with Crippen LogP contribution in [0, 0.1) is 58.2 Å². The van der Waals surface area contributed by atoms with Crippen LogP contribution in [0.4, 0.5) is 0 Å². The molecule has 2 amide bonds. The number of ether oxygens (including phenoxy) is 1. The first-order chi connectivity index (χ1) is 22.7. The van der Waals surface area contributed by atoms with Gasteiger partial charge in [0.05, 0.1) is 25.4 Å². The van der Waals surface area contributed by atoms with Gasteiger partial charge in [-0.1, -0.05) is 27.2 Å². The summed E-state index contributed by atoms with van der Waals surface area (Å²) in [5.74, 6) is 1.17. The summed E-state index contributed by atoms with van der Waals surface area (Å²) in [6.07, 6.45) is 5.99. The molecule has 1 aliphatic heterocycles. The highest BCUT2D eigenvalue weighted by Gasteiger charge is 2.58. The number of amides is 2. The normalized spacial score (nSPS) is 41.8. The fraction of sp³-hybridized carbons (Fsp3) is 0.917. The first-order valence-corrected chi connectivity index (χ1v) is 18.5. The number of nitrogens with one attached hydrogen (secondary N) is 3. The van der Waals surface area contributed by atoms with E-state index >= 15 is 0 Å². The van der Waals surface area contributed by atoms with Crippen LogP contribution in [0.15, 0.2) is 0 Å². The van der Waals surface area contributed by atoms with Crippen LogP contribution in [-0.2, 0) is 19.2 Å². The molecule has 0 aromatic heterocycles. The quantitative estimate of drug-likeness (QED) is 0.134. The highest BCUT2D eigenvalue weighted by molar-refractivity contribution is 5.86. The van der Waals surface area contributed by atoms with Crippen LogP contribution in [-0.4, -0.2) is 115 Å². The van der Waals surface area contributed by atoms with Crippen molar-refractivity contribution in [3.8, 4) is 0 Å². The molecule has 0 spiro atoms. The third-order valence-electron chi connectivity index (χ3n) is 13.6. The molecule has 0 aromatic rings. The minimum atomic E-state index is -0.840. The molecule has 5 aliphatic carbocycles. The lowest BCUT2D eigenvalue weighted by Crippen LogP contribution is -2.62. The molecule has 0 aromatic carbocycles. The number of fused-ring (bicyclic) bond motifs is 2. The standard InChI is InChI=1S/C36H64N6O6/c1-19-27-14-24(36(27,3)4)15-28(19)40-35(46)32-31(20(2)44)29(18-43)48-42(32)17-21-9-8-10-26(33(21)47-7)22-11-23(13-25(12-22)41(5)6)34(45)39-16-30(37)38/h19-29,31-33,43-44H,8-18H2,1-7H3,(H3,37,38)(H,39,45)(H,40,46)/t19-,20-,21?,22?,23?,24+,25?,26?,27-,28-,29-,31-,32-,33?/m0/s1. The zero-order valence-corrected chi connectivity index (χ0v) is 30.4. The van der Waals surface area contributed by atoms with Crippen LogP contribution >= 0.6 is 0 Å². The van der Waals surface area contributed by atoms with Gasteiger partial charge in [0.15, 0.2) is 0 Å². The molecule has 1 heterocycles. The summed E-state index contributed by atoms with van der Waals surface area (Å²) in [6.45, 7) is 8.88. The van der Waals surface area contributed by atoms with Gasteiger partial charge in [0, 0.05) is 43.5 Å². The fourth-order valence-corrected chi connectivity index (χ4v) is 10.7. The van der Waals surface area contributed by atoms with Crippen molar-refractivity contribution in [3.05, 3.63) is 0 Å². The van der Waals surface area contributed by atoms with Crippen molar-refractivity contribution < 1.29 is 29.4 Å². The minimum absolute atomic E-state index is 0.0465. The lowest BCUT2D eigenvalue weighted by molar-refractivity contribution is -0.193. The number of carbonyl (C=O) groups excluding carboxylic acids is 2. The summed E-state index contributed by atoms with van der Waals surface area (Å²) < 4.78 is 6.30. The number of amidine groups is 1. The molecule has 12 heteroatoms. The smallest absolute Gasteiger partial charge is 0.240 e. The Labute approximate surface area is 287 Å². The van der Waals surface area contributed by atoms with Crippen molar-refractivity contribution in [1.82, 2.24) is 20.6 Å². The SMILES string of the molecule is COC1C(CN2O[C@@H](CO)[C@H]([C@H](C)O)[C@H]2C(=O)N[C@H]2C[C@H]3C[C@@H]([C@@H]2C)C3(C)C)CCCC1C1CC(C(=O)NCC(=N)N)CC(N(C)C)C1. The molecule has 6 unspecified atom stereocenters. The number of rotatable bonds is 12. The highest BCUT2D eigenvalue weighted by atomic mass is 16.7. The second-order valence-electron chi connectivity index (χ2n) is 16.8. The fourth-order valence-electron chi connectivity index (χ4n) is 10.7. The number of aliphatic hydroxyl groups is 2. The van der Waals surface area contributed by atoms with Crippen molar-refractivity contribution >= 4 is 17.6 Å². The van der Waals surface area contributed by atoms with Gasteiger partial charge in [0.1, 0.15) is 18.0 Å². The third kappa shape index (κ3) is 7.44. The lowest BCUT2D eigenvalue weighted by atomic mass is 9.45. The maximum absolute atomic E-state index is 14.2. The summed E-state index contributed by atoms with van der Waals surface area (Å²) >= 11 is 0. The Balaban J connectivity index is 1.32. The maximum atomic E-state index is 14.2. The van der Waals surface area contributed by atoms with Gasteiger partial charge in [0.2, 0.25) is 11.8 Å². The number of nitrogens with zero attached hydrogens (tertiary/aromatic N) is 2. The Morgan fingerprint density at radius 2 is 1.88 bits per heavy atom. The Kier molecular flexibility index (Phi) is 11.8. The number of methoxy groups -OCH3 is 1. The van der Waals surface area contributed by atoms with E-state index < -0.39 is 24.2 Å². The van der Waals surface area contributed by atoms with Gasteiger partial charge in [-0.3, -0.25) is 19.8 Å². The first-order valence-electron chi connectivity index (χ1n) is 18.5. The van der Waals surface area contributed by atoms with Crippen molar-refractivity contribution in [3.63, 3.8) is 0 Å². The van der Waals surface area contributed by atoms with Crippen molar-refractivity contribution in [2.45, 2.75) is 115 Å². The highest BCUT2D eigenvalue weighted by Crippen LogP contribution is 2.61. The van der Waals surface area contributed by atoms with E-state index in [1.165, 1.54) is 6.42 Å². The van der Waals surface area contributed by atoms with E-state index in [0.29, 0.717) is 29.7 Å². The largest absolute Gasteiger partial charge is 0.394 e. The Morgan fingerprint density at radius 1 is 1.15 bits per heavy atom. The van der Waals surface area contributed by atoms with Gasteiger partial charge in [0.25, 0.3) is 0 Å². The monoisotopic (exact) mass is 676 g/mol. The second kappa shape index (κ2) is 15.2. The van der Waals surface area contributed by atoms with E-state index in [1.807, 2.05) is 0 Å². The van der Waals surface area contributed by atoms with Crippen LogP contribution < -0.4 is 16.4 Å². The molecule has 0 radical (unpaired) electrons. The Hall–Kier alpha value is -1.83. The van der Waals surface area contributed by atoms with Gasteiger partial charge < -0.3 is 36.2 Å². The lowest BCUT2D eigenvalue weighted by Gasteiger charge is -2.62. The molecule has 2 bridgehead atoms. The second-order valence-corrected chi connectivity index (χ2v) is 16.8. The predicted molar refractivity (Wildman–Crippen MR) is 184 cm³/mol. The minimum Gasteiger partial charge on any atom is -0.394 e. The molecular formula is C36H64N6O6. The maximum Gasteiger partial charge on any atom is 0.240 e. The third-order valence-corrected chi connectivity index (χ3v) is 13.6. The van der Waals surface area contributed by atoms with Crippen LogP contribution in [0.1, 0.15) is 79.1 Å². The molecule has 1 saturated heterocycles. The van der Waals surface area contributed by atoms with Gasteiger partial charge in [-0.05, 0) is 101 Å². The first kappa shape index (κ1) is 37.4. The molecule has 12 nitrogen and oxygen atoms in total. The molecular weight excluding hydrogens is 612 g/mol. The molecule has 5 saturated carbocycles.